The van der Waals surface area contributed by atoms with Crippen molar-refractivity contribution in [3.05, 3.63) is 42.5 Å². The van der Waals surface area contributed by atoms with Crippen molar-refractivity contribution in [1.29, 1.82) is 0 Å². The number of hydrogen-bond donors (Lipinski definition) is 2. The van der Waals surface area contributed by atoms with Crippen LogP contribution in [-0.2, 0) is 10.0 Å². The Hall–Kier alpha value is -1.43. The molecule has 0 radical (unpaired) electrons. The lowest BCUT2D eigenvalue weighted by Gasteiger charge is -2.26. The summed E-state index contributed by atoms with van der Waals surface area (Å²) in [5.74, 6) is 0.393. The highest BCUT2D eigenvalue weighted by molar-refractivity contribution is 7.89. The first kappa shape index (κ1) is 15.5. The van der Waals surface area contributed by atoms with Crippen LogP contribution in [0.3, 0.4) is 0 Å². The van der Waals surface area contributed by atoms with E-state index in [0.717, 1.165) is 36.5 Å². The molecule has 2 aromatic carbocycles. The molecule has 3 N–H and O–H groups in total. The summed E-state index contributed by atoms with van der Waals surface area (Å²) in [5.41, 5.74) is 5.89. The molecule has 0 atom stereocenters. The molecule has 0 saturated heterocycles. The van der Waals surface area contributed by atoms with Crippen LogP contribution in [0.15, 0.2) is 47.4 Å². The van der Waals surface area contributed by atoms with E-state index in [-0.39, 0.29) is 6.04 Å². The van der Waals surface area contributed by atoms with Crippen molar-refractivity contribution in [2.45, 2.75) is 36.6 Å². The van der Waals surface area contributed by atoms with E-state index in [9.17, 15) is 8.42 Å². The third-order valence-corrected chi connectivity index (χ3v) is 5.97. The predicted molar refractivity (Wildman–Crippen MR) is 89.1 cm³/mol. The van der Waals surface area contributed by atoms with Crippen molar-refractivity contribution < 1.29 is 8.42 Å². The first-order valence-corrected chi connectivity index (χ1v) is 9.27. The van der Waals surface area contributed by atoms with Gasteiger partial charge in [0.05, 0.1) is 4.90 Å². The second-order valence-electron chi connectivity index (χ2n) is 6.11. The molecule has 1 saturated carbocycles. The van der Waals surface area contributed by atoms with Gasteiger partial charge >= 0.3 is 0 Å². The summed E-state index contributed by atoms with van der Waals surface area (Å²) < 4.78 is 28.0. The highest BCUT2D eigenvalue weighted by Gasteiger charge is 2.22. The third-order valence-electron chi connectivity index (χ3n) is 4.49. The minimum Gasteiger partial charge on any atom is -0.328 e. The van der Waals surface area contributed by atoms with Crippen molar-refractivity contribution in [1.82, 2.24) is 4.72 Å². The maximum Gasteiger partial charge on any atom is 0.241 e. The van der Waals surface area contributed by atoms with E-state index in [0.29, 0.717) is 17.4 Å². The molecule has 0 heterocycles. The Balaban J connectivity index is 1.77. The van der Waals surface area contributed by atoms with Gasteiger partial charge in [-0.1, -0.05) is 36.4 Å². The van der Waals surface area contributed by atoms with E-state index in [1.54, 1.807) is 12.1 Å². The minimum atomic E-state index is -3.48. The topological polar surface area (TPSA) is 72.2 Å². The SMILES string of the molecule is NC1CCC(CNS(=O)(=O)c2cccc3ccccc23)CC1. The molecule has 4 nitrogen and oxygen atoms in total. The second-order valence-corrected chi connectivity index (χ2v) is 7.85. The Morgan fingerprint density at radius 3 is 2.45 bits per heavy atom. The van der Waals surface area contributed by atoms with Crippen LogP contribution in [0.25, 0.3) is 10.8 Å². The summed E-state index contributed by atoms with van der Waals surface area (Å²) in [5, 5.41) is 1.71. The summed E-state index contributed by atoms with van der Waals surface area (Å²) in [7, 11) is -3.48. The van der Waals surface area contributed by atoms with Crippen molar-refractivity contribution in [3.8, 4) is 0 Å². The van der Waals surface area contributed by atoms with Gasteiger partial charge in [0.15, 0.2) is 0 Å². The zero-order valence-electron chi connectivity index (χ0n) is 12.5. The molecule has 0 aliphatic heterocycles. The number of nitrogens with two attached hydrogens (primary N) is 1. The smallest absolute Gasteiger partial charge is 0.241 e. The monoisotopic (exact) mass is 318 g/mol. The van der Waals surface area contributed by atoms with Crippen LogP contribution in [0.5, 0.6) is 0 Å². The third kappa shape index (κ3) is 3.32. The highest BCUT2D eigenvalue weighted by Crippen LogP contribution is 2.25. The van der Waals surface area contributed by atoms with Gasteiger partial charge in [0, 0.05) is 18.0 Å². The van der Waals surface area contributed by atoms with E-state index in [1.807, 2.05) is 30.3 Å². The Morgan fingerprint density at radius 1 is 1.00 bits per heavy atom. The molecule has 22 heavy (non-hydrogen) atoms. The number of rotatable bonds is 4. The number of sulfonamides is 1. The molecule has 5 heteroatoms. The maximum absolute atomic E-state index is 12.6. The summed E-state index contributed by atoms with van der Waals surface area (Å²) >= 11 is 0. The fraction of sp³-hybridized carbons (Fsp3) is 0.412. The molecule has 1 fully saturated rings. The van der Waals surface area contributed by atoms with Crippen LogP contribution in [0, 0.1) is 5.92 Å². The second kappa shape index (κ2) is 6.36. The van der Waals surface area contributed by atoms with Gasteiger partial charge in [0.2, 0.25) is 10.0 Å². The van der Waals surface area contributed by atoms with E-state index in [2.05, 4.69) is 4.72 Å². The van der Waals surface area contributed by atoms with Crippen LogP contribution < -0.4 is 10.5 Å². The molecule has 0 aromatic heterocycles. The lowest BCUT2D eigenvalue weighted by atomic mass is 9.87. The zero-order valence-corrected chi connectivity index (χ0v) is 13.4. The van der Waals surface area contributed by atoms with Gasteiger partial charge in [-0.2, -0.15) is 0 Å². The first-order valence-electron chi connectivity index (χ1n) is 7.79. The number of fused-ring (bicyclic) bond motifs is 1. The van der Waals surface area contributed by atoms with Crippen molar-refractivity contribution in [3.63, 3.8) is 0 Å². The van der Waals surface area contributed by atoms with Gasteiger partial charge in [0.25, 0.3) is 0 Å². The van der Waals surface area contributed by atoms with E-state index < -0.39 is 10.0 Å². The molecule has 0 unspecified atom stereocenters. The largest absolute Gasteiger partial charge is 0.328 e. The van der Waals surface area contributed by atoms with E-state index in [4.69, 9.17) is 5.73 Å². The lowest BCUT2D eigenvalue weighted by molar-refractivity contribution is 0.326. The van der Waals surface area contributed by atoms with Crippen molar-refractivity contribution in [2.75, 3.05) is 6.54 Å². The average molecular weight is 318 g/mol. The molecule has 1 aliphatic carbocycles. The Bertz CT molecular complexity index is 745. The van der Waals surface area contributed by atoms with Crippen LogP contribution in [0.2, 0.25) is 0 Å². The van der Waals surface area contributed by atoms with Gasteiger partial charge in [-0.15, -0.1) is 0 Å². The molecule has 0 amide bonds. The zero-order chi connectivity index (χ0) is 15.6. The standard InChI is InChI=1S/C17H22N2O2S/c18-15-10-8-13(9-11-15)12-19-22(20,21)17-7-3-5-14-4-1-2-6-16(14)17/h1-7,13,15,19H,8-12,18H2. The molecule has 2 aromatic rings. The molecular weight excluding hydrogens is 296 g/mol. The summed E-state index contributed by atoms with van der Waals surface area (Å²) in [6, 6.07) is 13.2. The average Bonchev–Trinajstić information content (AvgIpc) is 2.54. The van der Waals surface area contributed by atoms with Crippen molar-refractivity contribution >= 4 is 20.8 Å². The maximum atomic E-state index is 12.6. The van der Waals surface area contributed by atoms with Gasteiger partial charge in [-0.05, 0) is 43.1 Å². The molecule has 1 aliphatic rings. The number of benzene rings is 2. The number of nitrogens with one attached hydrogen (secondary N) is 1. The molecule has 0 spiro atoms. The van der Waals surface area contributed by atoms with Gasteiger partial charge in [-0.3, -0.25) is 0 Å². The Morgan fingerprint density at radius 2 is 1.68 bits per heavy atom. The van der Waals surface area contributed by atoms with Crippen LogP contribution in [0.4, 0.5) is 0 Å². The van der Waals surface area contributed by atoms with Crippen molar-refractivity contribution in [2.24, 2.45) is 11.7 Å². The highest BCUT2D eigenvalue weighted by atomic mass is 32.2. The molecule has 0 bridgehead atoms. The summed E-state index contributed by atoms with van der Waals surface area (Å²) in [6.07, 6.45) is 3.97. The quantitative estimate of drug-likeness (QED) is 0.910. The van der Waals surface area contributed by atoms with Gasteiger partial charge < -0.3 is 5.73 Å². The van der Waals surface area contributed by atoms with E-state index >= 15 is 0 Å². The summed E-state index contributed by atoms with van der Waals surface area (Å²) in [6.45, 7) is 0.498. The van der Waals surface area contributed by atoms with Gasteiger partial charge in [-0.25, -0.2) is 13.1 Å². The minimum absolute atomic E-state index is 0.283. The Labute approximate surface area is 131 Å². The first-order chi connectivity index (χ1) is 10.6. The van der Waals surface area contributed by atoms with Crippen LogP contribution in [-0.4, -0.2) is 21.0 Å². The normalized spacial score (nSPS) is 22.8. The molecular formula is C17H22N2O2S. The predicted octanol–water partition coefficient (Wildman–Crippen LogP) is 2.64. The van der Waals surface area contributed by atoms with E-state index in [1.165, 1.54) is 0 Å². The fourth-order valence-electron chi connectivity index (χ4n) is 3.13. The molecule has 118 valence electrons. The van der Waals surface area contributed by atoms with Crippen LogP contribution in [0.1, 0.15) is 25.7 Å². The Kier molecular flexibility index (Phi) is 4.47. The lowest BCUT2D eigenvalue weighted by Crippen LogP contribution is -2.34. The summed E-state index contributed by atoms with van der Waals surface area (Å²) in [4.78, 5) is 0.359. The van der Waals surface area contributed by atoms with Gasteiger partial charge in [0.1, 0.15) is 0 Å². The van der Waals surface area contributed by atoms with Crippen LogP contribution >= 0.6 is 0 Å². The fourth-order valence-corrected chi connectivity index (χ4v) is 4.47. The number of hydrogen-bond acceptors (Lipinski definition) is 3. The molecule has 3 rings (SSSR count).